The second kappa shape index (κ2) is 7.33. The zero-order chi connectivity index (χ0) is 18.0. The van der Waals surface area contributed by atoms with Crippen LogP contribution in [-0.4, -0.2) is 35.2 Å². The van der Waals surface area contributed by atoms with E-state index in [0.29, 0.717) is 13.0 Å². The summed E-state index contributed by atoms with van der Waals surface area (Å²) in [5.41, 5.74) is 0.785. The van der Waals surface area contributed by atoms with Crippen LogP contribution in [0.25, 0.3) is 0 Å². The van der Waals surface area contributed by atoms with Crippen LogP contribution in [0.1, 0.15) is 38.2 Å². The monoisotopic (exact) mass is 346 g/mol. The third-order valence-corrected chi connectivity index (χ3v) is 5.24. The van der Waals surface area contributed by atoms with Crippen molar-refractivity contribution in [3.63, 3.8) is 0 Å². The third-order valence-electron chi connectivity index (χ3n) is 5.24. The average Bonchev–Trinajstić information content (AvgIpc) is 2.86. The average molecular weight is 346 g/mol. The SMILES string of the molecule is C[C@@H](C(=O)NCCc1cccc(F)c1)N1C(=O)C2CCCCC2C1=O. The second-order valence-electron chi connectivity index (χ2n) is 6.89. The van der Waals surface area contributed by atoms with E-state index in [1.54, 1.807) is 19.1 Å². The van der Waals surface area contributed by atoms with Gasteiger partial charge >= 0.3 is 0 Å². The van der Waals surface area contributed by atoms with E-state index in [1.165, 1.54) is 12.1 Å². The number of nitrogens with one attached hydrogen (secondary N) is 1. The van der Waals surface area contributed by atoms with Crippen LogP contribution in [0.2, 0.25) is 0 Å². The standard InChI is InChI=1S/C19H23FN2O3/c1-12(17(23)21-10-9-13-5-4-6-14(20)11-13)22-18(24)15-7-2-3-8-16(15)19(22)25/h4-6,11-12,15-16H,2-3,7-10H2,1H3,(H,21,23)/t12-,15?,16?/m0/s1. The van der Waals surface area contributed by atoms with Gasteiger partial charge in [-0.1, -0.05) is 25.0 Å². The normalized spacial score (nSPS) is 24.2. The molecule has 2 fully saturated rings. The molecule has 0 bridgehead atoms. The second-order valence-corrected chi connectivity index (χ2v) is 6.89. The molecule has 1 saturated carbocycles. The van der Waals surface area contributed by atoms with E-state index < -0.39 is 6.04 Å². The van der Waals surface area contributed by atoms with Gasteiger partial charge in [-0.25, -0.2) is 4.39 Å². The highest BCUT2D eigenvalue weighted by Crippen LogP contribution is 2.38. The summed E-state index contributed by atoms with van der Waals surface area (Å²) < 4.78 is 13.1. The first-order valence-corrected chi connectivity index (χ1v) is 8.88. The minimum absolute atomic E-state index is 0.206. The number of nitrogens with zero attached hydrogens (tertiary/aromatic N) is 1. The molecule has 0 radical (unpaired) electrons. The number of carbonyl (C=O) groups excluding carboxylic acids is 3. The quantitative estimate of drug-likeness (QED) is 0.830. The summed E-state index contributed by atoms with van der Waals surface area (Å²) in [4.78, 5) is 38.5. The van der Waals surface area contributed by atoms with Gasteiger partial charge in [0.1, 0.15) is 11.9 Å². The number of hydrogen-bond acceptors (Lipinski definition) is 3. The van der Waals surface area contributed by atoms with E-state index in [4.69, 9.17) is 0 Å². The minimum Gasteiger partial charge on any atom is -0.354 e. The van der Waals surface area contributed by atoms with Gasteiger partial charge in [-0.15, -0.1) is 0 Å². The highest BCUT2D eigenvalue weighted by Gasteiger charge is 2.50. The third kappa shape index (κ3) is 3.57. The van der Waals surface area contributed by atoms with Crippen molar-refractivity contribution < 1.29 is 18.8 Å². The fourth-order valence-corrected chi connectivity index (χ4v) is 3.86. The Labute approximate surface area is 146 Å². The lowest BCUT2D eigenvalue weighted by atomic mass is 9.81. The van der Waals surface area contributed by atoms with Crippen molar-refractivity contribution in [2.24, 2.45) is 11.8 Å². The fraction of sp³-hybridized carbons (Fsp3) is 0.526. The lowest BCUT2D eigenvalue weighted by Gasteiger charge is -2.22. The van der Waals surface area contributed by atoms with Gasteiger partial charge in [0.05, 0.1) is 11.8 Å². The van der Waals surface area contributed by atoms with E-state index in [-0.39, 0.29) is 35.4 Å². The van der Waals surface area contributed by atoms with Crippen LogP contribution in [0.3, 0.4) is 0 Å². The van der Waals surface area contributed by atoms with Crippen LogP contribution >= 0.6 is 0 Å². The predicted molar refractivity (Wildman–Crippen MR) is 89.9 cm³/mol. The predicted octanol–water partition coefficient (Wildman–Crippen LogP) is 2.05. The highest BCUT2D eigenvalue weighted by molar-refractivity contribution is 6.08. The Kier molecular flexibility index (Phi) is 5.16. The highest BCUT2D eigenvalue weighted by atomic mass is 19.1. The Bertz CT molecular complexity index is 667. The number of hydrogen-bond donors (Lipinski definition) is 1. The van der Waals surface area contributed by atoms with Crippen molar-refractivity contribution in [3.05, 3.63) is 35.6 Å². The number of rotatable bonds is 5. The first-order chi connectivity index (χ1) is 12.0. The van der Waals surface area contributed by atoms with E-state index in [1.807, 2.05) is 0 Å². The van der Waals surface area contributed by atoms with Crippen LogP contribution in [0, 0.1) is 17.7 Å². The number of halogens is 1. The molecule has 3 atom stereocenters. The Balaban J connectivity index is 1.57. The van der Waals surface area contributed by atoms with Gasteiger partial charge in [-0.2, -0.15) is 0 Å². The molecule has 3 rings (SSSR count). The first-order valence-electron chi connectivity index (χ1n) is 8.88. The largest absolute Gasteiger partial charge is 0.354 e. The van der Waals surface area contributed by atoms with E-state index >= 15 is 0 Å². The fourth-order valence-electron chi connectivity index (χ4n) is 3.86. The number of amides is 3. The minimum atomic E-state index is -0.807. The molecule has 1 N–H and O–H groups in total. The molecule has 1 aliphatic heterocycles. The number of likely N-dealkylation sites (tertiary alicyclic amines) is 1. The molecule has 25 heavy (non-hydrogen) atoms. The molecule has 1 aromatic carbocycles. The molecule has 1 aromatic rings. The summed E-state index contributed by atoms with van der Waals surface area (Å²) in [6.45, 7) is 1.92. The van der Waals surface area contributed by atoms with Gasteiger partial charge in [0, 0.05) is 6.54 Å². The molecule has 2 unspecified atom stereocenters. The molecular weight excluding hydrogens is 323 g/mol. The van der Waals surface area contributed by atoms with Gasteiger partial charge < -0.3 is 5.32 Å². The molecule has 134 valence electrons. The number of benzene rings is 1. The van der Waals surface area contributed by atoms with Crippen molar-refractivity contribution in [2.75, 3.05) is 6.54 Å². The van der Waals surface area contributed by atoms with Gasteiger partial charge in [0.15, 0.2) is 0 Å². The van der Waals surface area contributed by atoms with Crippen molar-refractivity contribution in [1.82, 2.24) is 10.2 Å². The molecule has 5 nitrogen and oxygen atoms in total. The molecule has 0 spiro atoms. The lowest BCUT2D eigenvalue weighted by Crippen LogP contribution is -2.48. The molecule has 6 heteroatoms. The van der Waals surface area contributed by atoms with E-state index in [0.717, 1.165) is 36.1 Å². The van der Waals surface area contributed by atoms with Crippen LogP contribution in [0.5, 0.6) is 0 Å². The van der Waals surface area contributed by atoms with Gasteiger partial charge in [-0.3, -0.25) is 19.3 Å². The number of fused-ring (bicyclic) bond motifs is 1. The molecule has 2 aliphatic rings. The molecule has 3 amide bonds. The number of imide groups is 1. The summed E-state index contributed by atoms with van der Waals surface area (Å²) in [5.74, 6) is -1.57. The van der Waals surface area contributed by atoms with Crippen molar-refractivity contribution in [1.29, 1.82) is 0 Å². The maximum atomic E-state index is 13.1. The maximum Gasteiger partial charge on any atom is 0.243 e. The summed E-state index contributed by atoms with van der Waals surface area (Å²) >= 11 is 0. The first kappa shape index (κ1) is 17.6. The lowest BCUT2D eigenvalue weighted by molar-refractivity contribution is -0.147. The Morgan fingerprint density at radius 3 is 2.48 bits per heavy atom. The summed E-state index contributed by atoms with van der Waals surface area (Å²) in [5, 5.41) is 2.74. The van der Waals surface area contributed by atoms with Crippen molar-refractivity contribution in [3.8, 4) is 0 Å². The maximum absolute atomic E-state index is 13.1. The molecule has 1 heterocycles. The number of carbonyl (C=O) groups is 3. The molecular formula is C19H23FN2O3. The van der Waals surface area contributed by atoms with Crippen LogP contribution in [-0.2, 0) is 20.8 Å². The van der Waals surface area contributed by atoms with Gasteiger partial charge in [0.2, 0.25) is 17.7 Å². The van der Waals surface area contributed by atoms with Gasteiger partial charge in [0.25, 0.3) is 0 Å². The molecule has 0 aromatic heterocycles. The van der Waals surface area contributed by atoms with Crippen molar-refractivity contribution in [2.45, 2.75) is 45.1 Å². The van der Waals surface area contributed by atoms with Crippen LogP contribution < -0.4 is 5.32 Å². The summed E-state index contributed by atoms with van der Waals surface area (Å²) in [6, 6.07) is 5.40. The van der Waals surface area contributed by atoms with E-state index in [9.17, 15) is 18.8 Å². The smallest absolute Gasteiger partial charge is 0.243 e. The summed E-state index contributed by atoms with van der Waals surface area (Å²) in [7, 11) is 0. The van der Waals surface area contributed by atoms with Crippen LogP contribution in [0.15, 0.2) is 24.3 Å². The Morgan fingerprint density at radius 2 is 1.88 bits per heavy atom. The van der Waals surface area contributed by atoms with E-state index in [2.05, 4.69) is 5.32 Å². The molecule has 1 saturated heterocycles. The Morgan fingerprint density at radius 1 is 1.24 bits per heavy atom. The van der Waals surface area contributed by atoms with Crippen LogP contribution in [0.4, 0.5) is 4.39 Å². The zero-order valence-corrected chi connectivity index (χ0v) is 14.3. The molecule has 1 aliphatic carbocycles. The van der Waals surface area contributed by atoms with Gasteiger partial charge in [-0.05, 0) is 43.9 Å². The topological polar surface area (TPSA) is 66.5 Å². The zero-order valence-electron chi connectivity index (χ0n) is 14.3. The van der Waals surface area contributed by atoms with Crippen molar-refractivity contribution >= 4 is 17.7 Å². The summed E-state index contributed by atoms with van der Waals surface area (Å²) in [6.07, 6.45) is 3.88. The Hall–Kier alpha value is -2.24.